The minimum Gasteiger partial charge on any atom is -0.369 e. The molecule has 0 aromatic heterocycles. The lowest BCUT2D eigenvalue weighted by molar-refractivity contribution is -0.121. The Kier molecular flexibility index (Phi) is 6.23. The quantitative estimate of drug-likeness (QED) is 0.866. The fourth-order valence-electron chi connectivity index (χ4n) is 3.09. The maximum atomic E-state index is 12.9. The molecule has 5 heteroatoms. The fraction of sp³-hybridized carbons (Fsp3) is 0.381. The lowest BCUT2D eigenvalue weighted by Crippen LogP contribution is -2.44. The van der Waals surface area contributed by atoms with Crippen LogP contribution in [0.25, 0.3) is 0 Å². The highest BCUT2D eigenvalue weighted by Crippen LogP contribution is 2.17. The van der Waals surface area contributed by atoms with Crippen molar-refractivity contribution in [1.82, 2.24) is 10.2 Å². The third-order valence-corrected chi connectivity index (χ3v) is 4.85. The highest BCUT2D eigenvalue weighted by molar-refractivity contribution is 5.76. The molecule has 0 bridgehead atoms. The summed E-state index contributed by atoms with van der Waals surface area (Å²) in [6.07, 6.45) is 1.03. The molecule has 4 nitrogen and oxygen atoms in total. The maximum absolute atomic E-state index is 12.9. The SMILES string of the molecule is CN1CCN(c2ccc(CNC(=O)CCc3ccc(F)cc3)cc2)CC1. The second-order valence-electron chi connectivity index (χ2n) is 6.86. The van der Waals surface area contributed by atoms with Crippen molar-refractivity contribution in [3.05, 3.63) is 65.5 Å². The minimum atomic E-state index is -0.252. The predicted molar refractivity (Wildman–Crippen MR) is 103 cm³/mol. The van der Waals surface area contributed by atoms with Crippen molar-refractivity contribution in [3.8, 4) is 0 Å². The number of carbonyl (C=O) groups is 1. The summed E-state index contributed by atoms with van der Waals surface area (Å²) in [4.78, 5) is 16.7. The normalized spacial score (nSPS) is 15.1. The van der Waals surface area contributed by atoms with Gasteiger partial charge in [0.05, 0.1) is 0 Å². The number of anilines is 1. The third kappa shape index (κ3) is 5.30. The molecule has 0 radical (unpaired) electrons. The lowest BCUT2D eigenvalue weighted by atomic mass is 10.1. The molecule has 1 saturated heterocycles. The van der Waals surface area contributed by atoms with Gasteiger partial charge in [0, 0.05) is 44.8 Å². The number of aryl methyl sites for hydroxylation is 1. The second kappa shape index (κ2) is 8.81. The van der Waals surface area contributed by atoms with E-state index in [9.17, 15) is 9.18 Å². The Balaban J connectivity index is 1.42. The summed E-state index contributed by atoms with van der Waals surface area (Å²) in [7, 11) is 2.15. The summed E-state index contributed by atoms with van der Waals surface area (Å²) < 4.78 is 12.9. The van der Waals surface area contributed by atoms with E-state index in [0.717, 1.165) is 37.3 Å². The van der Waals surface area contributed by atoms with E-state index in [1.54, 1.807) is 12.1 Å². The van der Waals surface area contributed by atoms with Gasteiger partial charge in [-0.15, -0.1) is 0 Å². The zero-order chi connectivity index (χ0) is 18.4. The number of hydrogen-bond acceptors (Lipinski definition) is 3. The molecule has 1 heterocycles. The molecular weight excluding hydrogens is 329 g/mol. The Morgan fingerprint density at radius 1 is 0.962 bits per heavy atom. The Hall–Kier alpha value is -2.40. The number of amides is 1. The third-order valence-electron chi connectivity index (χ3n) is 4.85. The Morgan fingerprint density at radius 3 is 2.23 bits per heavy atom. The molecule has 0 unspecified atom stereocenters. The van der Waals surface area contributed by atoms with E-state index in [1.165, 1.54) is 17.8 Å². The van der Waals surface area contributed by atoms with Crippen LogP contribution in [0.2, 0.25) is 0 Å². The smallest absolute Gasteiger partial charge is 0.220 e. The van der Waals surface area contributed by atoms with Gasteiger partial charge in [0.15, 0.2) is 0 Å². The molecule has 2 aromatic rings. The molecule has 0 saturated carbocycles. The van der Waals surface area contributed by atoms with Crippen molar-refractivity contribution in [2.24, 2.45) is 0 Å². The van der Waals surface area contributed by atoms with E-state index in [4.69, 9.17) is 0 Å². The van der Waals surface area contributed by atoms with Gasteiger partial charge in [-0.25, -0.2) is 4.39 Å². The van der Waals surface area contributed by atoms with Crippen LogP contribution in [0.3, 0.4) is 0 Å². The summed E-state index contributed by atoms with van der Waals surface area (Å²) in [6.45, 7) is 4.81. The monoisotopic (exact) mass is 355 g/mol. The zero-order valence-corrected chi connectivity index (χ0v) is 15.2. The van der Waals surface area contributed by atoms with E-state index in [2.05, 4.69) is 46.4 Å². The first-order chi connectivity index (χ1) is 12.6. The number of halogens is 1. The number of carbonyl (C=O) groups excluding carboxylic acids is 1. The van der Waals surface area contributed by atoms with Crippen LogP contribution < -0.4 is 10.2 Å². The molecule has 0 aliphatic carbocycles. The van der Waals surface area contributed by atoms with Crippen LogP contribution >= 0.6 is 0 Å². The average Bonchev–Trinajstić information content (AvgIpc) is 2.67. The molecule has 1 aliphatic heterocycles. The molecule has 0 spiro atoms. The van der Waals surface area contributed by atoms with Crippen molar-refractivity contribution in [2.75, 3.05) is 38.1 Å². The standard InChI is InChI=1S/C21H26FN3O/c1-24-12-14-25(15-13-24)20-9-4-18(5-10-20)16-23-21(26)11-6-17-2-7-19(22)8-3-17/h2-5,7-10H,6,11-16H2,1H3,(H,23,26). The molecule has 1 aliphatic rings. The van der Waals surface area contributed by atoms with Crippen LogP contribution in [0.5, 0.6) is 0 Å². The topological polar surface area (TPSA) is 35.6 Å². The van der Waals surface area contributed by atoms with E-state index >= 15 is 0 Å². The van der Waals surface area contributed by atoms with Crippen molar-refractivity contribution in [1.29, 1.82) is 0 Å². The molecule has 1 fully saturated rings. The van der Waals surface area contributed by atoms with Crippen molar-refractivity contribution in [2.45, 2.75) is 19.4 Å². The first-order valence-corrected chi connectivity index (χ1v) is 9.14. The average molecular weight is 355 g/mol. The second-order valence-corrected chi connectivity index (χ2v) is 6.86. The molecule has 1 N–H and O–H groups in total. The summed E-state index contributed by atoms with van der Waals surface area (Å²) in [5, 5.41) is 2.95. The van der Waals surface area contributed by atoms with Gasteiger partial charge in [-0.1, -0.05) is 24.3 Å². The first kappa shape index (κ1) is 18.4. The van der Waals surface area contributed by atoms with E-state index < -0.39 is 0 Å². The van der Waals surface area contributed by atoms with Gasteiger partial charge in [-0.3, -0.25) is 4.79 Å². The molecule has 26 heavy (non-hydrogen) atoms. The van der Waals surface area contributed by atoms with Crippen molar-refractivity contribution >= 4 is 11.6 Å². The van der Waals surface area contributed by atoms with Gasteiger partial charge < -0.3 is 15.1 Å². The molecule has 1 amide bonds. The number of nitrogens with one attached hydrogen (secondary N) is 1. The van der Waals surface area contributed by atoms with Crippen LogP contribution in [0, 0.1) is 5.82 Å². The Bertz CT molecular complexity index is 707. The van der Waals surface area contributed by atoms with Crippen LogP contribution in [0.1, 0.15) is 17.5 Å². The minimum absolute atomic E-state index is 0.0115. The van der Waals surface area contributed by atoms with Crippen molar-refractivity contribution in [3.63, 3.8) is 0 Å². The Labute approximate surface area is 154 Å². The molecule has 2 aromatic carbocycles. The summed E-state index contributed by atoms with van der Waals surface area (Å²) in [6, 6.07) is 14.7. The molecular formula is C21H26FN3O. The summed E-state index contributed by atoms with van der Waals surface area (Å²) >= 11 is 0. The number of likely N-dealkylation sites (N-methyl/N-ethyl adjacent to an activating group) is 1. The summed E-state index contributed by atoms with van der Waals surface area (Å²) in [5.74, 6) is -0.240. The zero-order valence-electron chi connectivity index (χ0n) is 15.2. The number of benzene rings is 2. The van der Waals surface area contributed by atoms with E-state index in [-0.39, 0.29) is 11.7 Å². The van der Waals surface area contributed by atoms with Gasteiger partial charge in [0.25, 0.3) is 0 Å². The summed E-state index contributed by atoms with van der Waals surface area (Å²) in [5.41, 5.74) is 3.31. The van der Waals surface area contributed by atoms with Gasteiger partial charge >= 0.3 is 0 Å². The number of piperazine rings is 1. The number of rotatable bonds is 6. The number of nitrogens with zero attached hydrogens (tertiary/aromatic N) is 2. The maximum Gasteiger partial charge on any atom is 0.220 e. The molecule has 0 atom stereocenters. The highest BCUT2D eigenvalue weighted by atomic mass is 19.1. The van der Waals surface area contributed by atoms with Crippen LogP contribution in [-0.2, 0) is 17.8 Å². The fourth-order valence-corrected chi connectivity index (χ4v) is 3.09. The van der Waals surface area contributed by atoms with Crippen LogP contribution in [-0.4, -0.2) is 44.0 Å². The number of hydrogen-bond donors (Lipinski definition) is 1. The van der Waals surface area contributed by atoms with Gasteiger partial charge in [-0.05, 0) is 48.9 Å². The predicted octanol–water partition coefficient (Wildman–Crippen LogP) is 2.83. The highest BCUT2D eigenvalue weighted by Gasteiger charge is 2.13. The van der Waals surface area contributed by atoms with Gasteiger partial charge in [0.2, 0.25) is 5.91 Å². The van der Waals surface area contributed by atoms with Gasteiger partial charge in [-0.2, -0.15) is 0 Å². The van der Waals surface area contributed by atoms with E-state index in [1.807, 2.05) is 0 Å². The first-order valence-electron chi connectivity index (χ1n) is 9.14. The molecule has 3 rings (SSSR count). The van der Waals surface area contributed by atoms with Crippen LogP contribution in [0.15, 0.2) is 48.5 Å². The Morgan fingerprint density at radius 2 is 1.58 bits per heavy atom. The lowest BCUT2D eigenvalue weighted by Gasteiger charge is -2.34. The van der Waals surface area contributed by atoms with Gasteiger partial charge in [0.1, 0.15) is 5.82 Å². The van der Waals surface area contributed by atoms with Crippen molar-refractivity contribution < 1.29 is 9.18 Å². The van der Waals surface area contributed by atoms with Crippen LogP contribution in [0.4, 0.5) is 10.1 Å². The largest absolute Gasteiger partial charge is 0.369 e. The molecule has 138 valence electrons. The van der Waals surface area contributed by atoms with E-state index in [0.29, 0.717) is 19.4 Å².